The molecule has 0 aliphatic heterocycles. The molecular weight excluding hydrogens is 230 g/mol. The van der Waals surface area contributed by atoms with Crippen LogP contribution < -0.4 is 5.32 Å². The normalized spacial score (nSPS) is 25.4. The molecule has 104 valence electrons. The predicted molar refractivity (Wildman–Crippen MR) is 70.2 cm³/mol. The minimum absolute atomic E-state index is 0.0533. The molecule has 0 radical (unpaired) electrons. The lowest BCUT2D eigenvalue weighted by Gasteiger charge is -2.29. The average Bonchev–Trinajstić information content (AvgIpc) is 2.38. The van der Waals surface area contributed by atoms with Crippen LogP contribution in [0.2, 0.25) is 0 Å². The molecule has 2 N–H and O–H groups in total. The van der Waals surface area contributed by atoms with E-state index < -0.39 is 11.9 Å². The maximum Gasteiger partial charge on any atom is 0.307 e. The molecule has 0 spiro atoms. The zero-order valence-corrected chi connectivity index (χ0v) is 11.4. The first kappa shape index (κ1) is 15.0. The summed E-state index contributed by atoms with van der Waals surface area (Å²) in [5.74, 6) is -1.69. The van der Waals surface area contributed by atoms with Gasteiger partial charge in [0.1, 0.15) is 0 Å². The van der Waals surface area contributed by atoms with E-state index in [-0.39, 0.29) is 17.9 Å². The van der Waals surface area contributed by atoms with E-state index in [4.69, 9.17) is 0 Å². The summed E-state index contributed by atoms with van der Waals surface area (Å²) in [4.78, 5) is 23.4. The van der Waals surface area contributed by atoms with Crippen molar-refractivity contribution in [2.24, 2.45) is 11.8 Å². The maximum absolute atomic E-state index is 12.2. The van der Waals surface area contributed by atoms with Crippen LogP contribution >= 0.6 is 0 Å². The van der Waals surface area contributed by atoms with Crippen LogP contribution in [0.3, 0.4) is 0 Å². The summed E-state index contributed by atoms with van der Waals surface area (Å²) < 4.78 is 0. The van der Waals surface area contributed by atoms with Crippen LogP contribution in [0.15, 0.2) is 0 Å². The SMILES string of the molecule is CCCC(CC)NC(=O)C1CCCCC1C(=O)O. The third-order valence-corrected chi connectivity index (χ3v) is 3.90. The molecule has 3 unspecified atom stereocenters. The van der Waals surface area contributed by atoms with Crippen LogP contribution in [-0.4, -0.2) is 23.0 Å². The molecule has 3 atom stereocenters. The van der Waals surface area contributed by atoms with Gasteiger partial charge in [-0.2, -0.15) is 0 Å². The van der Waals surface area contributed by atoms with Gasteiger partial charge in [0, 0.05) is 6.04 Å². The number of carboxylic acid groups (broad SMARTS) is 1. The minimum atomic E-state index is -0.821. The second-order valence-electron chi connectivity index (χ2n) is 5.24. The lowest BCUT2D eigenvalue weighted by Crippen LogP contribution is -2.43. The van der Waals surface area contributed by atoms with E-state index in [1.807, 2.05) is 0 Å². The average molecular weight is 255 g/mol. The van der Waals surface area contributed by atoms with Gasteiger partial charge in [0.15, 0.2) is 0 Å². The lowest BCUT2D eigenvalue weighted by molar-refractivity contribution is -0.149. The van der Waals surface area contributed by atoms with Crippen LogP contribution in [0.4, 0.5) is 0 Å². The number of hydrogen-bond donors (Lipinski definition) is 2. The molecule has 4 heteroatoms. The quantitative estimate of drug-likeness (QED) is 0.766. The molecule has 0 saturated heterocycles. The monoisotopic (exact) mass is 255 g/mol. The Morgan fingerprint density at radius 2 is 1.83 bits per heavy atom. The van der Waals surface area contributed by atoms with Gasteiger partial charge in [-0.25, -0.2) is 0 Å². The van der Waals surface area contributed by atoms with Crippen molar-refractivity contribution in [1.29, 1.82) is 0 Å². The van der Waals surface area contributed by atoms with Gasteiger partial charge in [-0.05, 0) is 25.7 Å². The molecule has 1 fully saturated rings. The van der Waals surface area contributed by atoms with E-state index in [2.05, 4.69) is 19.2 Å². The van der Waals surface area contributed by atoms with Gasteiger partial charge in [0.25, 0.3) is 0 Å². The lowest BCUT2D eigenvalue weighted by atomic mass is 9.78. The summed E-state index contributed by atoms with van der Waals surface area (Å²) in [6.07, 6.45) is 6.14. The molecule has 1 aliphatic carbocycles. The molecular formula is C14H25NO3. The summed E-state index contributed by atoms with van der Waals surface area (Å²) in [5.41, 5.74) is 0. The summed E-state index contributed by atoms with van der Waals surface area (Å²) in [6, 6.07) is 0.193. The second kappa shape index (κ2) is 7.39. The van der Waals surface area contributed by atoms with Crippen molar-refractivity contribution >= 4 is 11.9 Å². The van der Waals surface area contributed by atoms with Crippen LogP contribution in [-0.2, 0) is 9.59 Å². The standard InChI is InChI=1S/C14H25NO3/c1-3-7-10(4-2)15-13(16)11-8-5-6-9-12(11)14(17)18/h10-12H,3-9H2,1-2H3,(H,15,16)(H,17,18). The summed E-state index contributed by atoms with van der Waals surface area (Å²) >= 11 is 0. The largest absolute Gasteiger partial charge is 0.481 e. The van der Waals surface area contributed by atoms with Crippen molar-refractivity contribution < 1.29 is 14.7 Å². The summed E-state index contributed by atoms with van der Waals surface area (Å²) in [5, 5.41) is 12.2. The molecule has 4 nitrogen and oxygen atoms in total. The molecule has 1 aliphatic rings. The third-order valence-electron chi connectivity index (χ3n) is 3.90. The zero-order chi connectivity index (χ0) is 13.5. The Labute approximate surface area is 109 Å². The number of carboxylic acids is 1. The summed E-state index contributed by atoms with van der Waals surface area (Å²) in [6.45, 7) is 4.14. The number of carbonyl (C=O) groups excluding carboxylic acids is 1. The fourth-order valence-electron chi connectivity index (χ4n) is 2.78. The molecule has 1 rings (SSSR count). The van der Waals surface area contributed by atoms with Crippen LogP contribution in [0, 0.1) is 11.8 Å². The van der Waals surface area contributed by atoms with E-state index in [1.165, 1.54) is 0 Å². The van der Waals surface area contributed by atoms with Crippen molar-refractivity contribution in [3.63, 3.8) is 0 Å². The first-order valence-electron chi connectivity index (χ1n) is 7.13. The number of rotatable bonds is 6. The Bertz CT molecular complexity index is 291. The van der Waals surface area contributed by atoms with Crippen molar-refractivity contribution in [2.45, 2.75) is 64.8 Å². The smallest absolute Gasteiger partial charge is 0.307 e. The topological polar surface area (TPSA) is 66.4 Å². The van der Waals surface area contributed by atoms with E-state index in [1.54, 1.807) is 0 Å². The van der Waals surface area contributed by atoms with E-state index in [0.29, 0.717) is 12.8 Å². The molecule has 0 aromatic heterocycles. The second-order valence-corrected chi connectivity index (χ2v) is 5.24. The van der Waals surface area contributed by atoms with Crippen molar-refractivity contribution in [2.75, 3.05) is 0 Å². The molecule has 0 bridgehead atoms. The number of amides is 1. The van der Waals surface area contributed by atoms with Crippen molar-refractivity contribution in [3.05, 3.63) is 0 Å². The van der Waals surface area contributed by atoms with E-state index in [0.717, 1.165) is 32.1 Å². The Morgan fingerprint density at radius 1 is 1.22 bits per heavy atom. The molecule has 1 saturated carbocycles. The highest BCUT2D eigenvalue weighted by molar-refractivity contribution is 5.85. The van der Waals surface area contributed by atoms with Gasteiger partial charge in [-0.15, -0.1) is 0 Å². The number of nitrogens with one attached hydrogen (secondary N) is 1. The Hall–Kier alpha value is -1.06. The van der Waals surface area contributed by atoms with Crippen LogP contribution in [0.25, 0.3) is 0 Å². The fraction of sp³-hybridized carbons (Fsp3) is 0.857. The predicted octanol–water partition coefficient (Wildman–Crippen LogP) is 2.57. The maximum atomic E-state index is 12.2. The highest BCUT2D eigenvalue weighted by Crippen LogP contribution is 2.30. The Morgan fingerprint density at radius 3 is 2.33 bits per heavy atom. The van der Waals surface area contributed by atoms with Gasteiger partial charge in [-0.1, -0.05) is 33.1 Å². The molecule has 18 heavy (non-hydrogen) atoms. The van der Waals surface area contributed by atoms with Gasteiger partial charge in [0.05, 0.1) is 11.8 Å². The number of carbonyl (C=O) groups is 2. The minimum Gasteiger partial charge on any atom is -0.481 e. The van der Waals surface area contributed by atoms with Crippen LogP contribution in [0.1, 0.15) is 58.8 Å². The van der Waals surface area contributed by atoms with Crippen molar-refractivity contribution in [3.8, 4) is 0 Å². The van der Waals surface area contributed by atoms with Crippen molar-refractivity contribution in [1.82, 2.24) is 5.32 Å². The fourth-order valence-corrected chi connectivity index (χ4v) is 2.78. The molecule has 0 aromatic carbocycles. The Balaban J connectivity index is 2.59. The number of hydrogen-bond acceptors (Lipinski definition) is 2. The van der Waals surface area contributed by atoms with Gasteiger partial charge >= 0.3 is 5.97 Å². The van der Waals surface area contributed by atoms with E-state index >= 15 is 0 Å². The van der Waals surface area contributed by atoms with Gasteiger partial charge < -0.3 is 10.4 Å². The molecule has 1 amide bonds. The molecule has 0 heterocycles. The van der Waals surface area contributed by atoms with Gasteiger partial charge in [-0.3, -0.25) is 9.59 Å². The number of aliphatic carboxylic acids is 1. The highest BCUT2D eigenvalue weighted by atomic mass is 16.4. The third kappa shape index (κ3) is 4.00. The summed E-state index contributed by atoms with van der Waals surface area (Å²) in [7, 11) is 0. The first-order valence-corrected chi connectivity index (χ1v) is 7.13. The molecule has 0 aromatic rings. The highest BCUT2D eigenvalue weighted by Gasteiger charge is 2.36. The Kier molecular flexibility index (Phi) is 6.16. The zero-order valence-electron chi connectivity index (χ0n) is 11.4. The van der Waals surface area contributed by atoms with Crippen LogP contribution in [0.5, 0.6) is 0 Å². The first-order chi connectivity index (χ1) is 8.60. The van der Waals surface area contributed by atoms with Gasteiger partial charge in [0.2, 0.25) is 5.91 Å². The van der Waals surface area contributed by atoms with E-state index in [9.17, 15) is 14.7 Å².